The number of benzene rings is 13. The molecule has 8 heterocycles. The first kappa shape index (κ1) is 73.8. The Morgan fingerprint density at radius 3 is 0.846 bits per heavy atom. The number of para-hydroxylation sites is 10. The first-order valence-corrected chi connectivity index (χ1v) is 43.0. The maximum atomic E-state index is 6.41. The van der Waals surface area contributed by atoms with Gasteiger partial charge in [-0.3, -0.25) is 29.9 Å². The molecule has 15 heteroatoms. The molecule has 0 saturated carbocycles. The third kappa shape index (κ3) is 14.0. The molecule has 0 fully saturated rings. The van der Waals surface area contributed by atoms with E-state index in [-0.39, 0.29) is 36.6 Å². The lowest BCUT2D eigenvalue weighted by Crippen LogP contribution is -2.37. The number of fused-ring (bicyclic) bond motifs is 12. The lowest BCUT2D eigenvalue weighted by atomic mass is 9.97. The smallest absolute Gasteiger partial charge is 0.576 e. The van der Waals surface area contributed by atoms with Crippen molar-refractivity contribution >= 4 is 126 Å². The lowest BCUT2D eigenvalue weighted by Gasteiger charge is -2.35. The predicted molar refractivity (Wildman–Crippen MR) is 503 cm³/mol. The van der Waals surface area contributed by atoms with Gasteiger partial charge in [0.05, 0.1) is 57.3 Å². The molecular weight excluding hydrogens is 1530 g/mol. The number of hydrogen-bond donors (Lipinski definition) is 0. The van der Waals surface area contributed by atoms with Crippen LogP contribution in [0, 0.1) is 0 Å². The first-order chi connectivity index (χ1) is 61.0. The van der Waals surface area contributed by atoms with E-state index in [1.165, 1.54) is 66.1 Å². The van der Waals surface area contributed by atoms with Crippen LogP contribution in [0.5, 0.6) is 17.2 Å². The fourth-order valence-corrected chi connectivity index (χ4v) is 19.5. The summed E-state index contributed by atoms with van der Waals surface area (Å²) in [6, 6.07) is 121. The van der Waals surface area contributed by atoms with Gasteiger partial charge in [0.1, 0.15) is 52.3 Å². The minimum absolute atomic E-state index is 0.0471. The molecule has 18 aromatic rings. The van der Waals surface area contributed by atoms with Crippen LogP contribution in [0.15, 0.2) is 452 Å². The van der Waals surface area contributed by atoms with Gasteiger partial charge in [0, 0.05) is 84.7 Å². The zero-order chi connectivity index (χ0) is 81.5. The molecule has 3 aliphatic heterocycles. The van der Waals surface area contributed by atoms with Gasteiger partial charge in [0.25, 0.3) is 0 Å². The van der Waals surface area contributed by atoms with Crippen LogP contribution < -0.4 is 26.1 Å². The maximum absolute atomic E-state index is 6.41. The Balaban J connectivity index is 0.000000113. The fraction of sp³-hybridized carbons (Fsp3) is 0.0556. The number of anilines is 3. The number of pyridine rings is 3. The number of hydrogen-bond acceptors (Lipinski definition) is 12. The van der Waals surface area contributed by atoms with Crippen molar-refractivity contribution in [3.63, 3.8) is 0 Å². The van der Waals surface area contributed by atoms with E-state index >= 15 is 0 Å². The van der Waals surface area contributed by atoms with E-state index in [0.29, 0.717) is 17.2 Å². The molecule has 0 saturated heterocycles. The minimum Gasteiger partial charge on any atom is -0.576 e. The molecule has 123 heavy (non-hydrogen) atoms. The second kappa shape index (κ2) is 32.3. The van der Waals surface area contributed by atoms with Crippen molar-refractivity contribution in [2.75, 3.05) is 14.7 Å². The molecule has 14 nitrogen and oxygen atoms in total. The molecule has 24 rings (SSSR count). The Bertz CT molecular complexity index is 6640. The fourth-order valence-electron chi connectivity index (χ4n) is 18.2. The molecular formula is C108H78AlN11O3. The third-order valence-electron chi connectivity index (χ3n) is 23.7. The normalized spacial score (nSPS) is 17.7. The van der Waals surface area contributed by atoms with E-state index in [1.54, 1.807) is 18.6 Å². The second-order valence-electron chi connectivity index (χ2n) is 31.0. The van der Waals surface area contributed by atoms with Gasteiger partial charge in [-0.2, -0.15) is 0 Å². The molecule has 0 spiro atoms. The number of nitrogens with zero attached hydrogens (tertiary/aromatic N) is 11. The molecule has 586 valence electrons. The molecule has 6 atom stereocenters. The highest BCUT2D eigenvalue weighted by Crippen LogP contribution is 2.47. The SMILES string of the molecule is C1=CC2=NC(c3cc(C4N=C5C=CC=CC5N4c4ccccc4)cc(C4N=C5C=CC=CC5N4c4ccccc4)c3)N(c3ccccc3)C2C=C1.c1ccc2c(c1)c1ccccc1n2-c1ccc(-c2ccc(-n3c4ccccc4c4ccccc43)cc2)cc1.c1cnc2c([O][Al]([O]c3cccc4cccnc34)[O]c3cccc4cccnc34)cccc2c1. The van der Waals surface area contributed by atoms with Gasteiger partial charge in [-0.05, 0) is 186 Å². The molecule has 13 aromatic carbocycles. The average molecular weight is 1600 g/mol. The van der Waals surface area contributed by atoms with E-state index < -0.39 is 15.1 Å². The highest BCUT2D eigenvalue weighted by atomic mass is 27.3. The van der Waals surface area contributed by atoms with Gasteiger partial charge in [-0.15, -0.1) is 0 Å². The lowest BCUT2D eigenvalue weighted by molar-refractivity contribution is 0.311. The van der Waals surface area contributed by atoms with E-state index in [2.05, 4.69) is 366 Å². The van der Waals surface area contributed by atoms with Crippen LogP contribution >= 0.6 is 0 Å². The second-order valence-corrected chi connectivity index (χ2v) is 32.3. The van der Waals surface area contributed by atoms with E-state index in [4.69, 9.17) is 26.3 Å². The Hall–Kier alpha value is -15.5. The Kier molecular flexibility index (Phi) is 19.4. The van der Waals surface area contributed by atoms with Gasteiger partial charge < -0.3 is 35.2 Å². The van der Waals surface area contributed by atoms with Gasteiger partial charge >= 0.3 is 15.1 Å². The van der Waals surface area contributed by atoms with Gasteiger partial charge in [0.15, 0.2) is 0 Å². The summed E-state index contributed by atoms with van der Waals surface area (Å²) in [7, 11) is 0. The van der Waals surface area contributed by atoms with Crippen LogP contribution in [0.25, 0.3) is 98.8 Å². The van der Waals surface area contributed by atoms with E-state index in [0.717, 1.165) is 83.6 Å². The van der Waals surface area contributed by atoms with Crippen LogP contribution in [0.4, 0.5) is 17.1 Å². The van der Waals surface area contributed by atoms with Crippen molar-refractivity contribution in [3.8, 4) is 39.8 Å². The number of aliphatic imine (C=N–C) groups is 3. The van der Waals surface area contributed by atoms with Gasteiger partial charge in [0.2, 0.25) is 0 Å². The largest absolute Gasteiger partial charge is 1.20 e. The quantitative estimate of drug-likeness (QED) is 0.0923. The average Bonchev–Trinajstić information content (AvgIpc) is 1.60. The number of rotatable bonds is 15. The molecule has 0 amide bonds. The first-order valence-electron chi connectivity index (χ1n) is 41.6. The predicted octanol–water partition coefficient (Wildman–Crippen LogP) is 24.5. The molecule has 5 aromatic heterocycles. The Labute approximate surface area is 716 Å². The molecule has 0 bridgehead atoms. The van der Waals surface area contributed by atoms with E-state index in [9.17, 15) is 0 Å². The van der Waals surface area contributed by atoms with Gasteiger partial charge in [-0.1, -0.05) is 261 Å². The van der Waals surface area contributed by atoms with Crippen LogP contribution in [0.3, 0.4) is 0 Å². The van der Waals surface area contributed by atoms with E-state index in [1.807, 2.05) is 91.0 Å². The summed E-state index contributed by atoms with van der Waals surface area (Å²) in [6.07, 6.45) is 30.4. The summed E-state index contributed by atoms with van der Waals surface area (Å²) in [5, 5.41) is 8.07. The van der Waals surface area contributed by atoms with Crippen LogP contribution in [-0.4, -0.2) is 74.5 Å². The Morgan fingerprint density at radius 1 is 0.252 bits per heavy atom. The standard InChI is InChI=1S/C45H36N6.C36H24N2.3C9H7NO.Al/c1-4-16-34(17-5-1)49-40-25-13-10-22-37(40)46-43(49)31-28-32(44-47-38-23-11-14-26-41(38)50(44)35-18-6-2-7-19-35)30-33(29-31)45-48-39-24-12-15-27-42(39)51(45)36-20-8-3-9-21-36;1-5-13-33-29(9-1)30-10-2-6-14-34(30)37(33)27-21-17-25(18-22-27)26-19-23-28(24-20-26)38-35-15-7-3-11-31(35)32-12-4-8-16-36(32)38;3*11-8-5-1-3-7-4-2-6-10-9(7)8;/h1-30,40-45H;1-24H;3*1-6,11H;/q;;;;;+3/p-3. The minimum atomic E-state index is -2.86. The number of allylic oxidation sites excluding steroid dienone is 6. The zero-order valence-corrected chi connectivity index (χ0v) is 67.9. The van der Waals surface area contributed by atoms with Crippen LogP contribution in [-0.2, 0) is 0 Å². The summed E-state index contributed by atoms with van der Waals surface area (Å²) >= 11 is -2.86. The highest BCUT2D eigenvalue weighted by molar-refractivity contribution is 6.40. The monoisotopic (exact) mass is 1600 g/mol. The molecule has 0 radical (unpaired) electrons. The molecule has 6 aliphatic rings. The maximum Gasteiger partial charge on any atom is 1.20 e. The van der Waals surface area contributed by atoms with Gasteiger partial charge in [-0.25, -0.2) is 0 Å². The molecule has 6 unspecified atom stereocenters. The van der Waals surface area contributed by atoms with Crippen molar-refractivity contribution in [1.29, 1.82) is 0 Å². The van der Waals surface area contributed by atoms with Crippen molar-refractivity contribution in [2.24, 2.45) is 15.0 Å². The van der Waals surface area contributed by atoms with Crippen molar-refractivity contribution < 1.29 is 11.4 Å². The summed E-state index contributed by atoms with van der Waals surface area (Å²) < 4.78 is 24.0. The summed E-state index contributed by atoms with van der Waals surface area (Å²) in [6.45, 7) is 0. The van der Waals surface area contributed by atoms with Crippen molar-refractivity contribution in [2.45, 2.75) is 36.6 Å². The summed E-state index contributed by atoms with van der Waals surface area (Å²) in [5.74, 6) is 1.82. The highest BCUT2D eigenvalue weighted by Gasteiger charge is 2.47. The molecule has 0 N–H and O–H groups in total. The summed E-state index contributed by atoms with van der Waals surface area (Å²) in [5.41, 5.74) is 22.0. The topological polar surface area (TPSA) is 123 Å². The van der Waals surface area contributed by atoms with Crippen LogP contribution in [0.2, 0.25) is 0 Å². The number of aromatic nitrogens is 5. The zero-order valence-electron chi connectivity index (χ0n) is 66.8. The Morgan fingerprint density at radius 2 is 0.537 bits per heavy atom. The summed E-state index contributed by atoms with van der Waals surface area (Å²) in [4.78, 5) is 37.2. The third-order valence-corrected chi connectivity index (χ3v) is 25.0. The van der Waals surface area contributed by atoms with Crippen molar-refractivity contribution in [1.82, 2.24) is 24.1 Å². The van der Waals surface area contributed by atoms with Crippen molar-refractivity contribution in [3.05, 3.63) is 454 Å². The van der Waals surface area contributed by atoms with Crippen LogP contribution in [0.1, 0.15) is 35.2 Å². The molecule has 3 aliphatic carbocycles.